The molecule has 1 aromatic carbocycles. The second-order valence-corrected chi connectivity index (χ2v) is 6.77. The molecule has 0 amide bonds. The fourth-order valence-electron chi connectivity index (χ4n) is 3.04. The number of thiazole rings is 1. The van der Waals surface area contributed by atoms with E-state index in [0.717, 1.165) is 41.5 Å². The van der Waals surface area contributed by atoms with Crippen LogP contribution in [-0.4, -0.2) is 30.1 Å². The number of hydrogen-bond donors (Lipinski definition) is 1. The molecule has 0 aliphatic carbocycles. The number of aromatic nitrogens is 1. The maximum atomic E-state index is 11.9. The number of hydrogen-bond acceptors (Lipinski definition) is 4. The monoisotopic (exact) mass is 318 g/mol. The summed E-state index contributed by atoms with van der Waals surface area (Å²) < 4.78 is 5.44. The van der Waals surface area contributed by atoms with E-state index in [1.807, 2.05) is 24.3 Å². The second kappa shape index (κ2) is 7.11. The summed E-state index contributed by atoms with van der Waals surface area (Å²) >= 11 is 1.32. The molecule has 118 valence electrons. The molecule has 1 fully saturated rings. The first-order chi connectivity index (χ1) is 10.8. The molecule has 3 rings (SSSR count). The molecule has 1 aliphatic rings. The Bertz CT molecular complexity index is 669. The Morgan fingerprint density at radius 3 is 2.64 bits per heavy atom. The molecule has 4 nitrogen and oxygen atoms in total. The van der Waals surface area contributed by atoms with Crippen LogP contribution in [0, 0.1) is 0 Å². The van der Waals surface area contributed by atoms with Gasteiger partial charge in [-0.05, 0) is 38.1 Å². The highest BCUT2D eigenvalue weighted by atomic mass is 32.1. The Morgan fingerprint density at radius 2 is 1.91 bits per heavy atom. The molecule has 1 aliphatic heterocycles. The van der Waals surface area contributed by atoms with Crippen molar-refractivity contribution in [1.29, 1.82) is 0 Å². The van der Waals surface area contributed by atoms with Crippen LogP contribution in [0.5, 0.6) is 5.75 Å². The third-order valence-corrected chi connectivity index (χ3v) is 5.03. The van der Waals surface area contributed by atoms with Crippen molar-refractivity contribution in [2.24, 2.45) is 0 Å². The lowest BCUT2D eigenvalue weighted by molar-refractivity contribution is 0.279. The fourth-order valence-corrected chi connectivity index (χ4v) is 3.92. The van der Waals surface area contributed by atoms with Gasteiger partial charge in [0.15, 0.2) is 0 Å². The summed E-state index contributed by atoms with van der Waals surface area (Å²) in [5.74, 6) is 0.800. The predicted octanol–water partition coefficient (Wildman–Crippen LogP) is 3.49. The summed E-state index contributed by atoms with van der Waals surface area (Å²) in [6.07, 6.45) is 5.14. The topological polar surface area (TPSA) is 45.3 Å². The van der Waals surface area contributed by atoms with Crippen molar-refractivity contribution in [2.75, 3.05) is 20.2 Å². The normalized spacial score (nSPS) is 16.4. The minimum Gasteiger partial charge on any atom is -0.496 e. The molecule has 2 aromatic rings. The number of methoxy groups -OCH3 is 1. The van der Waals surface area contributed by atoms with E-state index in [4.69, 9.17) is 4.74 Å². The van der Waals surface area contributed by atoms with Crippen LogP contribution in [0.15, 0.2) is 29.1 Å². The largest absolute Gasteiger partial charge is 0.496 e. The third kappa shape index (κ3) is 3.42. The van der Waals surface area contributed by atoms with Crippen LogP contribution >= 0.6 is 11.3 Å². The maximum absolute atomic E-state index is 11.9. The number of likely N-dealkylation sites (tertiary alicyclic amines) is 1. The van der Waals surface area contributed by atoms with Crippen molar-refractivity contribution in [3.05, 3.63) is 38.8 Å². The van der Waals surface area contributed by atoms with Crippen molar-refractivity contribution >= 4 is 11.3 Å². The second-order valence-electron chi connectivity index (χ2n) is 5.70. The molecule has 0 saturated carbocycles. The van der Waals surface area contributed by atoms with E-state index in [1.165, 1.54) is 37.0 Å². The van der Waals surface area contributed by atoms with E-state index in [9.17, 15) is 4.79 Å². The van der Waals surface area contributed by atoms with Crippen molar-refractivity contribution in [1.82, 2.24) is 9.88 Å². The highest BCUT2D eigenvalue weighted by Gasteiger charge is 2.17. The van der Waals surface area contributed by atoms with Crippen molar-refractivity contribution in [3.8, 4) is 17.0 Å². The SMILES string of the molecule is COc1ccccc1-c1[nH]c(=O)sc1CN1CCCCCC1. The average molecular weight is 318 g/mol. The molecule has 2 heterocycles. The summed E-state index contributed by atoms with van der Waals surface area (Å²) in [6, 6.07) is 7.86. The lowest BCUT2D eigenvalue weighted by atomic mass is 10.1. The molecule has 22 heavy (non-hydrogen) atoms. The van der Waals surface area contributed by atoms with E-state index in [1.54, 1.807) is 7.11 Å². The molecule has 0 radical (unpaired) electrons. The molecule has 0 atom stereocenters. The Hall–Kier alpha value is -1.59. The molecule has 0 spiro atoms. The molecule has 0 unspecified atom stereocenters. The number of nitrogens with zero attached hydrogens (tertiary/aromatic N) is 1. The van der Waals surface area contributed by atoms with Gasteiger partial charge < -0.3 is 9.72 Å². The molecular weight excluding hydrogens is 296 g/mol. The smallest absolute Gasteiger partial charge is 0.305 e. The molecule has 1 saturated heterocycles. The van der Waals surface area contributed by atoms with Crippen LogP contribution in [-0.2, 0) is 6.54 Å². The maximum Gasteiger partial charge on any atom is 0.305 e. The standard InChI is InChI=1S/C17H22N2O2S/c1-21-14-9-5-4-8-13(14)16-15(22-17(20)18-16)12-19-10-6-2-3-7-11-19/h4-5,8-9H,2-3,6-7,10-12H2,1H3,(H,18,20). The highest BCUT2D eigenvalue weighted by molar-refractivity contribution is 7.09. The highest BCUT2D eigenvalue weighted by Crippen LogP contribution is 2.32. The van der Waals surface area contributed by atoms with Crippen LogP contribution in [0.4, 0.5) is 0 Å². The van der Waals surface area contributed by atoms with Crippen LogP contribution in [0.25, 0.3) is 11.3 Å². The van der Waals surface area contributed by atoms with E-state index in [0.29, 0.717) is 0 Å². The van der Waals surface area contributed by atoms with Gasteiger partial charge in [0.25, 0.3) is 0 Å². The Kier molecular flexibility index (Phi) is 4.95. The van der Waals surface area contributed by atoms with E-state index >= 15 is 0 Å². The van der Waals surface area contributed by atoms with Crippen molar-refractivity contribution in [2.45, 2.75) is 32.2 Å². The summed E-state index contributed by atoms with van der Waals surface area (Å²) in [5.41, 5.74) is 1.88. The molecule has 1 N–H and O–H groups in total. The molecular formula is C17H22N2O2S. The van der Waals surface area contributed by atoms with E-state index in [2.05, 4.69) is 9.88 Å². The van der Waals surface area contributed by atoms with Crippen molar-refractivity contribution < 1.29 is 4.74 Å². The zero-order valence-corrected chi connectivity index (χ0v) is 13.7. The Labute approximate surface area is 134 Å². The van der Waals surface area contributed by atoms with Gasteiger partial charge in [-0.3, -0.25) is 9.69 Å². The minimum absolute atomic E-state index is 0.00530. The fraction of sp³-hybridized carbons (Fsp3) is 0.471. The number of aromatic amines is 1. The van der Waals surface area contributed by atoms with Gasteiger partial charge >= 0.3 is 4.87 Å². The first-order valence-electron chi connectivity index (χ1n) is 7.85. The van der Waals surface area contributed by atoms with E-state index in [-0.39, 0.29) is 4.87 Å². The minimum atomic E-state index is 0.00530. The molecule has 1 aromatic heterocycles. The van der Waals surface area contributed by atoms with Gasteiger partial charge in [-0.15, -0.1) is 0 Å². The van der Waals surface area contributed by atoms with E-state index < -0.39 is 0 Å². The zero-order valence-electron chi connectivity index (χ0n) is 12.9. The molecule has 0 bridgehead atoms. The van der Waals surface area contributed by atoms with Crippen molar-refractivity contribution in [3.63, 3.8) is 0 Å². The van der Waals surface area contributed by atoms with Gasteiger partial charge in [-0.1, -0.05) is 36.3 Å². The summed E-state index contributed by atoms with van der Waals surface area (Å²) in [5, 5.41) is 0. The van der Waals surface area contributed by atoms with Crippen LogP contribution in [0.3, 0.4) is 0 Å². The third-order valence-electron chi connectivity index (χ3n) is 4.16. The van der Waals surface area contributed by atoms with Crippen LogP contribution < -0.4 is 9.61 Å². The van der Waals surface area contributed by atoms with Crippen LogP contribution in [0.1, 0.15) is 30.6 Å². The number of H-pyrrole nitrogens is 1. The summed E-state index contributed by atoms with van der Waals surface area (Å²) in [4.78, 5) is 18.5. The Balaban J connectivity index is 1.91. The van der Waals surface area contributed by atoms with Gasteiger partial charge in [-0.2, -0.15) is 0 Å². The number of ether oxygens (including phenoxy) is 1. The van der Waals surface area contributed by atoms with Gasteiger partial charge in [-0.25, -0.2) is 0 Å². The lowest BCUT2D eigenvalue weighted by Crippen LogP contribution is -2.23. The van der Waals surface area contributed by atoms with Crippen LogP contribution in [0.2, 0.25) is 0 Å². The quantitative estimate of drug-likeness (QED) is 0.938. The lowest BCUT2D eigenvalue weighted by Gasteiger charge is -2.19. The number of rotatable bonds is 4. The van der Waals surface area contributed by atoms with Gasteiger partial charge in [0.05, 0.1) is 12.8 Å². The zero-order chi connectivity index (χ0) is 15.4. The van der Waals surface area contributed by atoms with Gasteiger partial charge in [0.2, 0.25) is 0 Å². The molecule has 5 heteroatoms. The first-order valence-corrected chi connectivity index (χ1v) is 8.67. The number of benzene rings is 1. The predicted molar refractivity (Wildman–Crippen MR) is 90.7 cm³/mol. The average Bonchev–Trinajstić information content (AvgIpc) is 2.74. The number of nitrogens with one attached hydrogen (secondary N) is 1. The number of para-hydroxylation sites is 1. The first kappa shape index (κ1) is 15.3. The van der Waals surface area contributed by atoms with Gasteiger partial charge in [0.1, 0.15) is 5.75 Å². The summed E-state index contributed by atoms with van der Waals surface area (Å²) in [7, 11) is 1.66. The summed E-state index contributed by atoms with van der Waals surface area (Å²) in [6.45, 7) is 3.09. The Morgan fingerprint density at radius 1 is 1.18 bits per heavy atom. The van der Waals surface area contributed by atoms with Gasteiger partial charge in [0, 0.05) is 17.0 Å².